The lowest BCUT2D eigenvalue weighted by Crippen LogP contribution is -2.43. The number of carboxylic acids is 1. The number of benzene rings is 1. The van der Waals surface area contributed by atoms with Gasteiger partial charge in [-0.25, -0.2) is 0 Å². The van der Waals surface area contributed by atoms with Crippen molar-refractivity contribution in [2.45, 2.75) is 26.7 Å². The maximum atomic E-state index is 12.4. The standard InChI is InChI=1S/C18H23NO5/c1-4-18(5-2,17(21)22)11-19-16(20)13-9-12-7-6-8-14(23-3)15(12)24-10-13/h6-9H,4-5,10-11H2,1-3H3,(H,19,20)(H,21,22). The quantitative estimate of drug-likeness (QED) is 0.801. The highest BCUT2D eigenvalue weighted by Crippen LogP contribution is 2.35. The second-order valence-electron chi connectivity index (χ2n) is 5.81. The molecule has 0 fully saturated rings. The van der Waals surface area contributed by atoms with Gasteiger partial charge < -0.3 is 19.9 Å². The number of carboxylic acid groups (broad SMARTS) is 1. The minimum absolute atomic E-state index is 0.0937. The van der Waals surface area contributed by atoms with Crippen LogP contribution in [0.4, 0.5) is 0 Å². The van der Waals surface area contributed by atoms with Crippen LogP contribution < -0.4 is 14.8 Å². The van der Waals surface area contributed by atoms with E-state index in [1.165, 1.54) is 0 Å². The molecule has 1 amide bonds. The molecule has 2 rings (SSSR count). The first-order valence-corrected chi connectivity index (χ1v) is 7.99. The Bertz CT molecular complexity index is 661. The summed E-state index contributed by atoms with van der Waals surface area (Å²) in [5, 5.41) is 12.2. The highest BCUT2D eigenvalue weighted by atomic mass is 16.5. The Labute approximate surface area is 141 Å². The fourth-order valence-electron chi connectivity index (χ4n) is 2.71. The predicted octanol–water partition coefficient (Wildman–Crippen LogP) is 2.48. The molecule has 6 nitrogen and oxygen atoms in total. The Hall–Kier alpha value is -2.50. The molecular weight excluding hydrogens is 310 g/mol. The average Bonchev–Trinajstić information content (AvgIpc) is 2.61. The zero-order valence-corrected chi connectivity index (χ0v) is 14.2. The third kappa shape index (κ3) is 3.37. The molecule has 0 saturated heterocycles. The molecule has 0 atom stereocenters. The number of ether oxygens (including phenoxy) is 2. The lowest BCUT2D eigenvalue weighted by atomic mass is 9.82. The second kappa shape index (κ2) is 7.38. The van der Waals surface area contributed by atoms with Crippen LogP contribution in [0.3, 0.4) is 0 Å². The maximum Gasteiger partial charge on any atom is 0.311 e. The number of amides is 1. The molecule has 1 aliphatic heterocycles. The van der Waals surface area contributed by atoms with Crippen LogP contribution in [-0.4, -0.2) is 37.2 Å². The molecule has 0 saturated carbocycles. The molecule has 0 bridgehead atoms. The molecule has 2 N–H and O–H groups in total. The Morgan fingerprint density at radius 1 is 1.33 bits per heavy atom. The van der Waals surface area contributed by atoms with Crippen molar-refractivity contribution in [3.63, 3.8) is 0 Å². The van der Waals surface area contributed by atoms with Gasteiger partial charge in [0.1, 0.15) is 6.61 Å². The van der Waals surface area contributed by atoms with Crippen LogP contribution in [0.5, 0.6) is 11.5 Å². The molecule has 1 heterocycles. The van der Waals surface area contributed by atoms with Crippen LogP contribution in [0, 0.1) is 5.41 Å². The Balaban J connectivity index is 2.13. The van der Waals surface area contributed by atoms with Gasteiger partial charge in [0.25, 0.3) is 5.91 Å². The van der Waals surface area contributed by atoms with Gasteiger partial charge in [-0.2, -0.15) is 0 Å². The molecule has 0 unspecified atom stereocenters. The molecule has 24 heavy (non-hydrogen) atoms. The molecule has 1 aromatic carbocycles. The van der Waals surface area contributed by atoms with Crippen molar-refractivity contribution in [3.05, 3.63) is 29.3 Å². The van der Waals surface area contributed by atoms with Crippen LogP contribution in [-0.2, 0) is 9.59 Å². The summed E-state index contributed by atoms with van der Waals surface area (Å²) in [7, 11) is 1.56. The summed E-state index contributed by atoms with van der Waals surface area (Å²) in [6, 6.07) is 5.45. The molecule has 6 heteroatoms. The summed E-state index contributed by atoms with van der Waals surface area (Å²) in [6.07, 6.45) is 2.65. The molecule has 1 aliphatic rings. The zero-order valence-electron chi connectivity index (χ0n) is 14.2. The summed E-state index contributed by atoms with van der Waals surface area (Å²) >= 11 is 0. The number of hydrogen-bond acceptors (Lipinski definition) is 4. The minimum atomic E-state index is -0.938. The van der Waals surface area contributed by atoms with E-state index in [2.05, 4.69) is 5.32 Å². The van der Waals surface area contributed by atoms with E-state index in [-0.39, 0.29) is 19.1 Å². The second-order valence-corrected chi connectivity index (χ2v) is 5.81. The molecular formula is C18H23NO5. The van der Waals surface area contributed by atoms with Gasteiger partial charge in [-0.05, 0) is 25.0 Å². The van der Waals surface area contributed by atoms with E-state index in [0.717, 1.165) is 5.56 Å². The van der Waals surface area contributed by atoms with E-state index in [1.807, 2.05) is 26.0 Å². The molecule has 0 spiro atoms. The van der Waals surface area contributed by atoms with Crippen LogP contribution in [0.25, 0.3) is 6.08 Å². The number of nitrogens with one attached hydrogen (secondary N) is 1. The molecule has 1 aromatic rings. The molecule has 0 aliphatic carbocycles. The number of para-hydroxylation sites is 1. The number of carbonyl (C=O) groups is 2. The van der Waals surface area contributed by atoms with Crippen LogP contribution in [0.1, 0.15) is 32.3 Å². The molecule has 0 radical (unpaired) electrons. The summed E-state index contributed by atoms with van der Waals surface area (Å²) in [5.41, 5.74) is 0.288. The molecule has 0 aromatic heterocycles. The number of carbonyl (C=O) groups excluding carboxylic acids is 1. The fraction of sp³-hybridized carbons (Fsp3) is 0.444. The van der Waals surface area contributed by atoms with Crippen LogP contribution >= 0.6 is 0 Å². The first-order valence-electron chi connectivity index (χ1n) is 7.99. The van der Waals surface area contributed by atoms with E-state index in [0.29, 0.717) is 29.9 Å². The highest BCUT2D eigenvalue weighted by Gasteiger charge is 2.35. The summed E-state index contributed by atoms with van der Waals surface area (Å²) < 4.78 is 10.9. The summed E-state index contributed by atoms with van der Waals surface area (Å²) in [6.45, 7) is 3.85. The van der Waals surface area contributed by atoms with Crippen molar-refractivity contribution in [1.29, 1.82) is 0 Å². The van der Waals surface area contributed by atoms with Gasteiger partial charge in [0.05, 0.1) is 18.1 Å². The van der Waals surface area contributed by atoms with E-state index in [1.54, 1.807) is 19.3 Å². The highest BCUT2D eigenvalue weighted by molar-refractivity contribution is 5.99. The Kier molecular flexibility index (Phi) is 5.49. The summed E-state index contributed by atoms with van der Waals surface area (Å²) in [5.74, 6) is 0.0244. The summed E-state index contributed by atoms with van der Waals surface area (Å²) in [4.78, 5) is 23.9. The van der Waals surface area contributed by atoms with E-state index >= 15 is 0 Å². The van der Waals surface area contributed by atoms with Gasteiger partial charge in [-0.3, -0.25) is 9.59 Å². The first kappa shape index (κ1) is 17.8. The normalized spacial score (nSPS) is 13.4. The number of hydrogen-bond donors (Lipinski definition) is 2. The maximum absolute atomic E-state index is 12.4. The largest absolute Gasteiger partial charge is 0.493 e. The SMILES string of the molecule is CCC(CC)(CNC(=O)C1=Cc2cccc(OC)c2OC1)C(=O)O. The van der Waals surface area contributed by atoms with Crippen molar-refractivity contribution in [3.8, 4) is 11.5 Å². The molecule has 130 valence electrons. The third-order valence-electron chi connectivity index (χ3n) is 4.62. The van der Waals surface area contributed by atoms with Crippen molar-refractivity contribution in [1.82, 2.24) is 5.32 Å². The van der Waals surface area contributed by atoms with Crippen molar-refractivity contribution in [2.24, 2.45) is 5.41 Å². The van der Waals surface area contributed by atoms with Crippen molar-refractivity contribution < 1.29 is 24.2 Å². The number of methoxy groups -OCH3 is 1. The van der Waals surface area contributed by atoms with Gasteiger partial charge in [-0.15, -0.1) is 0 Å². The van der Waals surface area contributed by atoms with Gasteiger partial charge in [0, 0.05) is 12.1 Å². The van der Waals surface area contributed by atoms with E-state index in [9.17, 15) is 14.7 Å². The van der Waals surface area contributed by atoms with E-state index in [4.69, 9.17) is 9.47 Å². The smallest absolute Gasteiger partial charge is 0.311 e. The Morgan fingerprint density at radius 2 is 2.04 bits per heavy atom. The average molecular weight is 333 g/mol. The lowest BCUT2D eigenvalue weighted by molar-refractivity contribution is -0.149. The van der Waals surface area contributed by atoms with Crippen LogP contribution in [0.15, 0.2) is 23.8 Å². The van der Waals surface area contributed by atoms with Gasteiger partial charge in [-0.1, -0.05) is 26.0 Å². The topological polar surface area (TPSA) is 84.9 Å². The van der Waals surface area contributed by atoms with Crippen molar-refractivity contribution >= 4 is 18.0 Å². The zero-order chi connectivity index (χ0) is 17.7. The number of fused-ring (bicyclic) bond motifs is 1. The minimum Gasteiger partial charge on any atom is -0.493 e. The fourth-order valence-corrected chi connectivity index (χ4v) is 2.71. The van der Waals surface area contributed by atoms with Gasteiger partial charge in [0.15, 0.2) is 11.5 Å². The number of rotatable bonds is 7. The first-order chi connectivity index (χ1) is 11.5. The monoisotopic (exact) mass is 333 g/mol. The lowest BCUT2D eigenvalue weighted by Gasteiger charge is -2.27. The third-order valence-corrected chi connectivity index (χ3v) is 4.62. The Morgan fingerprint density at radius 3 is 2.62 bits per heavy atom. The van der Waals surface area contributed by atoms with Gasteiger partial charge >= 0.3 is 5.97 Å². The predicted molar refractivity (Wildman–Crippen MR) is 90.1 cm³/mol. The van der Waals surface area contributed by atoms with Crippen LogP contribution in [0.2, 0.25) is 0 Å². The van der Waals surface area contributed by atoms with Crippen molar-refractivity contribution in [2.75, 3.05) is 20.3 Å². The number of aliphatic carboxylic acids is 1. The van der Waals surface area contributed by atoms with E-state index < -0.39 is 11.4 Å². The van der Waals surface area contributed by atoms with Gasteiger partial charge in [0.2, 0.25) is 0 Å².